The molecule has 158 valence electrons. The van der Waals surface area contributed by atoms with Crippen molar-refractivity contribution in [3.8, 4) is 0 Å². The summed E-state index contributed by atoms with van der Waals surface area (Å²) >= 11 is 0. The first-order chi connectivity index (χ1) is 14.7. The van der Waals surface area contributed by atoms with Crippen molar-refractivity contribution in [1.82, 2.24) is 15.3 Å². The van der Waals surface area contributed by atoms with Gasteiger partial charge in [-0.25, -0.2) is 4.98 Å². The summed E-state index contributed by atoms with van der Waals surface area (Å²) in [7, 11) is 4.06. The van der Waals surface area contributed by atoms with Gasteiger partial charge in [-0.15, -0.1) is 0 Å². The molecule has 0 bridgehead atoms. The van der Waals surface area contributed by atoms with Crippen molar-refractivity contribution in [2.45, 2.75) is 31.7 Å². The van der Waals surface area contributed by atoms with Gasteiger partial charge in [-0.1, -0.05) is 18.2 Å². The third-order valence-corrected chi connectivity index (χ3v) is 5.71. The van der Waals surface area contributed by atoms with Gasteiger partial charge in [-0.2, -0.15) is 4.98 Å². The molecule has 2 heterocycles. The predicted octanol–water partition coefficient (Wildman–Crippen LogP) is 4.56. The topological polar surface area (TPSA) is 66.2 Å². The quantitative estimate of drug-likeness (QED) is 0.536. The zero-order valence-corrected chi connectivity index (χ0v) is 17.8. The number of nitrogens with one attached hydrogen (secondary N) is 2. The van der Waals surface area contributed by atoms with E-state index >= 15 is 0 Å². The number of rotatable bonds is 8. The van der Waals surface area contributed by atoms with Gasteiger partial charge in [0.15, 0.2) is 0 Å². The number of anilines is 2. The fourth-order valence-electron chi connectivity index (χ4n) is 4.09. The number of fused-ring (bicyclic) bond motifs is 1. The molecule has 0 radical (unpaired) electrons. The molecule has 0 aliphatic heterocycles. The zero-order valence-electron chi connectivity index (χ0n) is 17.8. The number of furan rings is 1. The van der Waals surface area contributed by atoms with Crippen LogP contribution in [-0.4, -0.2) is 43.2 Å². The Bertz CT molecular complexity index is 959. The SMILES string of the molecule is CN(C)c1nc(NC2CCC(CNCC=Cc3ccco3)CC2)nc2ccccc12. The molecule has 6 nitrogen and oxygen atoms in total. The van der Waals surface area contributed by atoms with E-state index < -0.39 is 0 Å². The van der Waals surface area contributed by atoms with Crippen LogP contribution < -0.4 is 15.5 Å². The monoisotopic (exact) mass is 405 g/mol. The summed E-state index contributed by atoms with van der Waals surface area (Å²) in [5, 5.41) is 8.22. The molecular formula is C24H31N5O. The van der Waals surface area contributed by atoms with Crippen molar-refractivity contribution < 1.29 is 4.42 Å². The Hall–Kier alpha value is -2.86. The second kappa shape index (κ2) is 9.76. The highest BCUT2D eigenvalue weighted by Crippen LogP contribution is 2.28. The maximum Gasteiger partial charge on any atom is 0.225 e. The third-order valence-electron chi connectivity index (χ3n) is 5.71. The first-order valence-corrected chi connectivity index (χ1v) is 10.8. The summed E-state index contributed by atoms with van der Waals surface area (Å²) in [5.41, 5.74) is 0.985. The number of nitrogens with zero attached hydrogens (tertiary/aromatic N) is 3. The van der Waals surface area contributed by atoms with Crippen LogP contribution in [-0.2, 0) is 0 Å². The highest BCUT2D eigenvalue weighted by atomic mass is 16.3. The molecule has 1 saturated carbocycles. The molecule has 1 aliphatic rings. The largest absolute Gasteiger partial charge is 0.465 e. The molecule has 0 atom stereocenters. The van der Waals surface area contributed by atoms with Crippen LogP contribution in [0.15, 0.2) is 53.2 Å². The molecule has 4 rings (SSSR count). The van der Waals surface area contributed by atoms with E-state index in [9.17, 15) is 0 Å². The molecule has 0 spiro atoms. The smallest absolute Gasteiger partial charge is 0.225 e. The molecule has 3 aromatic rings. The minimum atomic E-state index is 0.441. The number of hydrogen-bond donors (Lipinski definition) is 2. The van der Waals surface area contributed by atoms with Crippen molar-refractivity contribution in [3.05, 3.63) is 54.5 Å². The highest BCUT2D eigenvalue weighted by Gasteiger charge is 2.22. The van der Waals surface area contributed by atoms with Gasteiger partial charge in [0.1, 0.15) is 11.6 Å². The van der Waals surface area contributed by atoms with Crippen LogP contribution in [0, 0.1) is 5.92 Å². The van der Waals surface area contributed by atoms with Crippen LogP contribution in [0.1, 0.15) is 31.4 Å². The lowest BCUT2D eigenvalue weighted by atomic mass is 9.86. The van der Waals surface area contributed by atoms with Gasteiger partial charge in [0.25, 0.3) is 0 Å². The Kier molecular flexibility index (Phi) is 6.64. The van der Waals surface area contributed by atoms with E-state index in [0.717, 1.165) is 60.3 Å². The summed E-state index contributed by atoms with van der Waals surface area (Å²) in [4.78, 5) is 11.6. The van der Waals surface area contributed by atoms with E-state index in [-0.39, 0.29) is 0 Å². The van der Waals surface area contributed by atoms with E-state index in [1.807, 2.05) is 44.4 Å². The molecule has 30 heavy (non-hydrogen) atoms. The third kappa shape index (κ3) is 5.19. The molecule has 6 heteroatoms. The Morgan fingerprint density at radius 3 is 2.67 bits per heavy atom. The molecule has 0 unspecified atom stereocenters. The van der Waals surface area contributed by atoms with E-state index in [1.165, 1.54) is 12.8 Å². The molecule has 1 aromatic carbocycles. The van der Waals surface area contributed by atoms with Gasteiger partial charge in [0.05, 0.1) is 11.8 Å². The Labute approximate surface area is 178 Å². The van der Waals surface area contributed by atoms with E-state index in [0.29, 0.717) is 6.04 Å². The van der Waals surface area contributed by atoms with Gasteiger partial charge in [-0.3, -0.25) is 0 Å². The number of benzene rings is 1. The number of para-hydroxylation sites is 1. The van der Waals surface area contributed by atoms with Crippen molar-refractivity contribution in [2.24, 2.45) is 5.92 Å². The minimum absolute atomic E-state index is 0.441. The lowest BCUT2D eigenvalue weighted by molar-refractivity contribution is 0.327. The summed E-state index contributed by atoms with van der Waals surface area (Å²) in [6.45, 7) is 1.93. The van der Waals surface area contributed by atoms with Crippen molar-refractivity contribution in [1.29, 1.82) is 0 Å². The van der Waals surface area contributed by atoms with Gasteiger partial charge in [0, 0.05) is 32.1 Å². The summed E-state index contributed by atoms with van der Waals surface area (Å²) in [5.74, 6) is 3.33. The fourth-order valence-corrected chi connectivity index (χ4v) is 4.09. The summed E-state index contributed by atoms with van der Waals surface area (Å²) in [6, 6.07) is 12.5. The summed E-state index contributed by atoms with van der Waals surface area (Å²) in [6.07, 6.45) is 10.6. The maximum absolute atomic E-state index is 5.30. The van der Waals surface area contributed by atoms with E-state index in [4.69, 9.17) is 14.4 Å². The van der Waals surface area contributed by atoms with Crippen LogP contribution in [0.3, 0.4) is 0 Å². The van der Waals surface area contributed by atoms with Gasteiger partial charge in [-0.05, 0) is 68.5 Å². The second-order valence-electron chi connectivity index (χ2n) is 8.22. The van der Waals surface area contributed by atoms with Crippen molar-refractivity contribution in [3.63, 3.8) is 0 Å². The van der Waals surface area contributed by atoms with E-state index in [1.54, 1.807) is 6.26 Å². The molecule has 2 aromatic heterocycles. The lowest BCUT2D eigenvalue weighted by Gasteiger charge is -2.29. The predicted molar refractivity (Wildman–Crippen MR) is 124 cm³/mol. The zero-order chi connectivity index (χ0) is 20.8. The lowest BCUT2D eigenvalue weighted by Crippen LogP contribution is -2.32. The highest BCUT2D eigenvalue weighted by molar-refractivity contribution is 5.90. The van der Waals surface area contributed by atoms with E-state index in [2.05, 4.69) is 33.7 Å². The van der Waals surface area contributed by atoms with Crippen LogP contribution >= 0.6 is 0 Å². The fraction of sp³-hybridized carbons (Fsp3) is 0.417. The van der Waals surface area contributed by atoms with Crippen LogP contribution in [0.4, 0.5) is 11.8 Å². The first kappa shape index (κ1) is 20.4. The molecule has 1 fully saturated rings. The molecule has 0 amide bonds. The maximum atomic E-state index is 5.30. The standard InChI is InChI=1S/C24H31N5O/c1-29(2)23-21-9-3-4-10-22(21)27-24(28-23)26-19-13-11-18(12-14-19)17-25-15-5-7-20-8-6-16-30-20/h3-10,16,18-19,25H,11-15,17H2,1-2H3,(H,26,27,28). The van der Waals surface area contributed by atoms with Gasteiger partial charge < -0.3 is 20.0 Å². The van der Waals surface area contributed by atoms with Crippen LogP contribution in [0.2, 0.25) is 0 Å². The minimum Gasteiger partial charge on any atom is -0.465 e. The molecular weight excluding hydrogens is 374 g/mol. The molecule has 2 N–H and O–H groups in total. The van der Waals surface area contributed by atoms with Crippen molar-refractivity contribution >= 4 is 28.7 Å². The Morgan fingerprint density at radius 2 is 1.90 bits per heavy atom. The van der Waals surface area contributed by atoms with Crippen LogP contribution in [0.5, 0.6) is 0 Å². The summed E-state index contributed by atoms with van der Waals surface area (Å²) < 4.78 is 5.30. The molecule has 0 saturated heterocycles. The average Bonchev–Trinajstić information content (AvgIpc) is 3.27. The van der Waals surface area contributed by atoms with Crippen molar-refractivity contribution in [2.75, 3.05) is 37.4 Å². The molecule has 1 aliphatic carbocycles. The van der Waals surface area contributed by atoms with Gasteiger partial charge in [0.2, 0.25) is 5.95 Å². The first-order valence-electron chi connectivity index (χ1n) is 10.8. The number of hydrogen-bond acceptors (Lipinski definition) is 6. The Balaban J connectivity index is 1.26. The van der Waals surface area contributed by atoms with Gasteiger partial charge >= 0.3 is 0 Å². The second-order valence-corrected chi connectivity index (χ2v) is 8.22. The Morgan fingerprint density at radius 1 is 1.07 bits per heavy atom. The normalized spacial score (nSPS) is 19.4. The number of aromatic nitrogens is 2. The average molecular weight is 406 g/mol. The van der Waals surface area contributed by atoms with Crippen LogP contribution in [0.25, 0.3) is 17.0 Å².